The fraction of sp³-hybridized carbons (Fsp3) is 0.133. The van der Waals surface area contributed by atoms with Gasteiger partial charge in [0.2, 0.25) is 10.0 Å². The second-order valence-corrected chi connectivity index (χ2v) is 7.37. The number of sulfonamides is 1. The van der Waals surface area contributed by atoms with Crippen LogP contribution < -0.4 is 4.72 Å². The largest absolute Gasteiger partial charge is 0.284 e. The lowest BCUT2D eigenvalue weighted by Gasteiger charge is -2.06. The first kappa shape index (κ1) is 16.8. The van der Waals surface area contributed by atoms with Gasteiger partial charge >= 0.3 is 0 Å². The molecule has 0 fully saturated rings. The number of nitrogens with one attached hydrogen (secondary N) is 1. The van der Waals surface area contributed by atoms with Gasteiger partial charge in [0, 0.05) is 6.21 Å². The van der Waals surface area contributed by atoms with Gasteiger partial charge in [0.05, 0.1) is 27.7 Å². The van der Waals surface area contributed by atoms with Crippen LogP contribution in [0.5, 0.6) is 0 Å². The van der Waals surface area contributed by atoms with Crippen molar-refractivity contribution in [1.82, 2.24) is 0 Å². The lowest BCUT2D eigenvalue weighted by Crippen LogP contribution is -2.09. The van der Waals surface area contributed by atoms with Crippen LogP contribution in [0.15, 0.2) is 41.4 Å². The lowest BCUT2D eigenvalue weighted by atomic mass is 10.2. The Hall–Kier alpha value is -1.56. The van der Waals surface area contributed by atoms with Crippen LogP contribution in [0.1, 0.15) is 11.1 Å². The maximum atomic E-state index is 11.3. The molecule has 0 aliphatic heterocycles. The Balaban J connectivity index is 2.29. The van der Waals surface area contributed by atoms with E-state index in [1.54, 1.807) is 42.6 Å². The average Bonchev–Trinajstić information content (AvgIpc) is 2.41. The van der Waals surface area contributed by atoms with Gasteiger partial charge in [-0.3, -0.25) is 9.71 Å². The molecule has 0 aromatic heterocycles. The highest BCUT2D eigenvalue weighted by molar-refractivity contribution is 7.92. The zero-order chi connectivity index (χ0) is 16.3. The molecule has 1 N–H and O–H groups in total. The third-order valence-electron chi connectivity index (χ3n) is 2.81. The standard InChI is InChI=1S/C15H14Cl2N2O2S/c1-10-3-5-12(19-22(2,20)21)8-15(10)18-9-11-4-6-13(16)14(17)7-11/h3-9,19H,1-2H3. The molecule has 0 saturated heterocycles. The zero-order valence-electron chi connectivity index (χ0n) is 12.0. The Bertz CT molecular complexity index is 833. The van der Waals surface area contributed by atoms with Crippen molar-refractivity contribution in [2.24, 2.45) is 4.99 Å². The molecule has 2 aromatic carbocycles. The van der Waals surface area contributed by atoms with Gasteiger partial charge in [0.15, 0.2) is 0 Å². The molecule has 2 aromatic rings. The van der Waals surface area contributed by atoms with Gasteiger partial charge in [-0.25, -0.2) is 8.42 Å². The van der Waals surface area contributed by atoms with Crippen LogP contribution in [-0.4, -0.2) is 20.9 Å². The molecule has 0 aliphatic carbocycles. The number of hydrogen-bond acceptors (Lipinski definition) is 3. The second-order valence-electron chi connectivity index (χ2n) is 4.81. The molecule has 116 valence electrons. The molecule has 0 atom stereocenters. The molecule has 0 amide bonds. The second kappa shape index (κ2) is 6.69. The Labute approximate surface area is 139 Å². The SMILES string of the molecule is Cc1ccc(NS(C)(=O)=O)cc1N=Cc1ccc(Cl)c(Cl)c1. The summed E-state index contributed by atoms with van der Waals surface area (Å²) in [7, 11) is -3.32. The fourth-order valence-corrected chi connectivity index (χ4v) is 2.62. The molecule has 0 aliphatic rings. The number of aryl methyl sites for hydroxylation is 1. The Morgan fingerprint density at radius 1 is 1.09 bits per heavy atom. The molecule has 4 nitrogen and oxygen atoms in total. The molecule has 0 heterocycles. The van der Waals surface area contributed by atoms with E-state index in [4.69, 9.17) is 23.2 Å². The minimum Gasteiger partial charge on any atom is -0.284 e. The van der Waals surface area contributed by atoms with E-state index >= 15 is 0 Å². The van der Waals surface area contributed by atoms with Crippen molar-refractivity contribution in [3.8, 4) is 0 Å². The quantitative estimate of drug-likeness (QED) is 0.824. The molecular formula is C15H14Cl2N2O2S. The van der Waals surface area contributed by atoms with Gasteiger partial charge in [-0.15, -0.1) is 0 Å². The first-order chi connectivity index (χ1) is 10.2. The summed E-state index contributed by atoms with van der Waals surface area (Å²) >= 11 is 11.8. The molecule has 0 bridgehead atoms. The molecule has 0 spiro atoms. The Morgan fingerprint density at radius 3 is 2.45 bits per heavy atom. The molecule has 0 saturated carbocycles. The molecule has 0 radical (unpaired) electrons. The maximum absolute atomic E-state index is 11.3. The van der Waals surface area contributed by atoms with E-state index in [1.165, 1.54) is 0 Å². The van der Waals surface area contributed by atoms with Crippen molar-refractivity contribution in [3.05, 3.63) is 57.6 Å². The molecule has 7 heteroatoms. The van der Waals surface area contributed by atoms with E-state index in [2.05, 4.69) is 9.71 Å². The monoisotopic (exact) mass is 356 g/mol. The van der Waals surface area contributed by atoms with E-state index in [1.807, 2.05) is 6.92 Å². The number of anilines is 1. The number of benzene rings is 2. The summed E-state index contributed by atoms with van der Waals surface area (Å²) in [4.78, 5) is 4.38. The van der Waals surface area contributed by atoms with Crippen molar-refractivity contribution >= 4 is 50.8 Å². The molecule has 22 heavy (non-hydrogen) atoms. The van der Waals surface area contributed by atoms with E-state index in [-0.39, 0.29) is 0 Å². The Kier molecular flexibility index (Phi) is 5.11. The highest BCUT2D eigenvalue weighted by Crippen LogP contribution is 2.25. The van der Waals surface area contributed by atoms with E-state index < -0.39 is 10.0 Å². The van der Waals surface area contributed by atoms with Crippen LogP contribution in [0.3, 0.4) is 0 Å². The van der Waals surface area contributed by atoms with Gasteiger partial charge in [-0.05, 0) is 42.3 Å². The number of rotatable bonds is 4. The summed E-state index contributed by atoms with van der Waals surface area (Å²) in [5.41, 5.74) is 2.86. The van der Waals surface area contributed by atoms with E-state index in [9.17, 15) is 8.42 Å². The summed E-state index contributed by atoms with van der Waals surface area (Å²) in [6.45, 7) is 1.89. The predicted octanol–water partition coefficient (Wildman–Crippen LogP) is 4.42. The molecule has 0 unspecified atom stereocenters. The van der Waals surface area contributed by atoms with Crippen molar-refractivity contribution in [1.29, 1.82) is 0 Å². The minimum atomic E-state index is -3.32. The van der Waals surface area contributed by atoms with Crippen molar-refractivity contribution in [2.75, 3.05) is 11.0 Å². The summed E-state index contributed by atoms with van der Waals surface area (Å²) in [6, 6.07) is 10.4. The number of halogens is 2. The van der Waals surface area contributed by atoms with Gasteiger partial charge in [-0.1, -0.05) is 35.3 Å². The van der Waals surface area contributed by atoms with Crippen molar-refractivity contribution in [2.45, 2.75) is 6.92 Å². The van der Waals surface area contributed by atoms with Gasteiger partial charge < -0.3 is 0 Å². The van der Waals surface area contributed by atoms with Crippen molar-refractivity contribution < 1.29 is 8.42 Å². The normalized spacial score (nSPS) is 11.8. The number of aliphatic imine (C=N–C) groups is 1. The zero-order valence-corrected chi connectivity index (χ0v) is 14.3. The topological polar surface area (TPSA) is 58.5 Å². The van der Waals surface area contributed by atoms with Crippen LogP contribution in [-0.2, 0) is 10.0 Å². The van der Waals surface area contributed by atoms with E-state index in [0.717, 1.165) is 17.4 Å². The number of nitrogens with zero attached hydrogens (tertiary/aromatic N) is 1. The first-order valence-electron chi connectivity index (χ1n) is 6.32. The fourth-order valence-electron chi connectivity index (χ4n) is 1.76. The Morgan fingerprint density at radius 2 is 1.82 bits per heavy atom. The van der Waals surface area contributed by atoms with Crippen LogP contribution in [0, 0.1) is 6.92 Å². The average molecular weight is 357 g/mol. The van der Waals surface area contributed by atoms with Gasteiger partial charge in [0.1, 0.15) is 0 Å². The molecule has 2 rings (SSSR count). The lowest BCUT2D eigenvalue weighted by molar-refractivity contribution is 0.607. The third kappa shape index (κ3) is 4.73. The minimum absolute atomic E-state index is 0.454. The van der Waals surface area contributed by atoms with Gasteiger partial charge in [0.25, 0.3) is 0 Å². The smallest absolute Gasteiger partial charge is 0.229 e. The van der Waals surface area contributed by atoms with Crippen molar-refractivity contribution in [3.63, 3.8) is 0 Å². The predicted molar refractivity (Wildman–Crippen MR) is 93.4 cm³/mol. The molecular weight excluding hydrogens is 343 g/mol. The summed E-state index contributed by atoms with van der Waals surface area (Å²) in [6.07, 6.45) is 2.75. The summed E-state index contributed by atoms with van der Waals surface area (Å²) < 4.78 is 25.0. The first-order valence-corrected chi connectivity index (χ1v) is 8.97. The van der Waals surface area contributed by atoms with Crippen LogP contribution in [0.25, 0.3) is 0 Å². The van der Waals surface area contributed by atoms with Crippen LogP contribution in [0.4, 0.5) is 11.4 Å². The highest BCUT2D eigenvalue weighted by atomic mass is 35.5. The third-order valence-corrected chi connectivity index (χ3v) is 4.15. The van der Waals surface area contributed by atoms with Gasteiger partial charge in [-0.2, -0.15) is 0 Å². The van der Waals surface area contributed by atoms with Crippen LogP contribution in [0.2, 0.25) is 10.0 Å². The summed E-state index contributed by atoms with van der Waals surface area (Å²) in [5, 5.41) is 0.934. The van der Waals surface area contributed by atoms with Crippen LogP contribution >= 0.6 is 23.2 Å². The number of hydrogen-bond donors (Lipinski definition) is 1. The highest BCUT2D eigenvalue weighted by Gasteiger charge is 2.04. The summed E-state index contributed by atoms with van der Waals surface area (Å²) in [5.74, 6) is 0. The van der Waals surface area contributed by atoms with E-state index in [0.29, 0.717) is 21.4 Å². The maximum Gasteiger partial charge on any atom is 0.229 e.